The van der Waals surface area contributed by atoms with E-state index < -0.39 is 0 Å². The second-order valence-electron chi connectivity index (χ2n) is 14.7. The van der Waals surface area contributed by atoms with E-state index in [9.17, 15) is 0 Å². The van der Waals surface area contributed by atoms with E-state index in [0.29, 0.717) is 0 Å². The highest BCUT2D eigenvalue weighted by Crippen LogP contribution is 2.50. The van der Waals surface area contributed by atoms with E-state index in [0.717, 1.165) is 0 Å². The molecule has 0 radical (unpaired) electrons. The SMILES string of the molecule is c1cc(-c2cccc3ccccc23)cc(-c2cccc3c(-c4cccc5ccccc45)c4ccccc4c(-c4ccccc4-c4cccc5ccccc45)c23)c1. The van der Waals surface area contributed by atoms with E-state index >= 15 is 0 Å². The van der Waals surface area contributed by atoms with Gasteiger partial charge in [-0.15, -0.1) is 0 Å². The smallest absolute Gasteiger partial charge is 0.00139 e. The van der Waals surface area contributed by atoms with Gasteiger partial charge in [-0.3, -0.25) is 0 Å². The number of hydrogen-bond acceptors (Lipinski definition) is 0. The number of fused-ring (bicyclic) bond motifs is 5. The van der Waals surface area contributed by atoms with E-state index in [4.69, 9.17) is 0 Å². The Hall–Kier alpha value is -7.28. The van der Waals surface area contributed by atoms with Gasteiger partial charge in [-0.1, -0.05) is 212 Å². The van der Waals surface area contributed by atoms with Crippen molar-refractivity contribution < 1.29 is 0 Å². The highest BCUT2D eigenvalue weighted by Gasteiger charge is 2.23. The van der Waals surface area contributed by atoms with Gasteiger partial charge >= 0.3 is 0 Å². The van der Waals surface area contributed by atoms with E-state index in [1.807, 2.05) is 0 Å². The molecule has 0 atom stereocenters. The van der Waals surface area contributed by atoms with Crippen LogP contribution < -0.4 is 0 Å². The maximum atomic E-state index is 2.39. The molecule has 0 bridgehead atoms. The van der Waals surface area contributed by atoms with Crippen molar-refractivity contribution in [3.63, 3.8) is 0 Å². The van der Waals surface area contributed by atoms with Crippen molar-refractivity contribution in [2.24, 2.45) is 0 Å². The summed E-state index contributed by atoms with van der Waals surface area (Å²) >= 11 is 0. The van der Waals surface area contributed by atoms with Gasteiger partial charge < -0.3 is 0 Å². The third-order valence-electron chi connectivity index (χ3n) is 11.7. The first-order valence-corrected chi connectivity index (χ1v) is 19.4. The fourth-order valence-electron chi connectivity index (χ4n) is 9.21. The lowest BCUT2D eigenvalue weighted by Gasteiger charge is -2.23. The van der Waals surface area contributed by atoms with Crippen LogP contribution in [0, 0.1) is 0 Å². The third kappa shape index (κ3) is 5.15. The average Bonchev–Trinajstić information content (AvgIpc) is 3.27. The Morgan fingerprint density at radius 1 is 0.196 bits per heavy atom. The van der Waals surface area contributed by atoms with Gasteiger partial charge in [-0.25, -0.2) is 0 Å². The van der Waals surface area contributed by atoms with Crippen LogP contribution in [0.2, 0.25) is 0 Å². The average molecular weight is 709 g/mol. The molecule has 260 valence electrons. The quantitative estimate of drug-likeness (QED) is 0.156. The molecular weight excluding hydrogens is 673 g/mol. The highest BCUT2D eigenvalue weighted by molar-refractivity contribution is 6.27. The summed E-state index contributed by atoms with van der Waals surface area (Å²) in [7, 11) is 0. The van der Waals surface area contributed by atoms with E-state index in [1.165, 1.54) is 109 Å². The summed E-state index contributed by atoms with van der Waals surface area (Å²) in [5.41, 5.74) is 12.4. The monoisotopic (exact) mass is 708 g/mol. The van der Waals surface area contributed by atoms with E-state index in [2.05, 4.69) is 218 Å². The van der Waals surface area contributed by atoms with Crippen molar-refractivity contribution in [3.8, 4) is 55.6 Å². The summed E-state index contributed by atoms with van der Waals surface area (Å²) in [6.45, 7) is 0. The lowest BCUT2D eigenvalue weighted by molar-refractivity contribution is 1.61. The summed E-state index contributed by atoms with van der Waals surface area (Å²) < 4.78 is 0. The van der Waals surface area contributed by atoms with Gasteiger partial charge in [-0.2, -0.15) is 0 Å². The molecule has 0 spiro atoms. The standard InChI is InChI=1S/C56H36/c1-4-24-42-37(16-1)19-12-31-45(42)40-22-11-23-41(36-40)46-32-15-35-53-54(49-34-14-21-39-18-3-6-26-44(39)49)51-29-9-10-30-52(51)56(55(46)53)50-28-8-7-27-48(50)47-33-13-20-38-17-2-5-25-43(38)47/h1-36H. The number of benzene rings is 11. The van der Waals surface area contributed by atoms with Crippen LogP contribution in [0.3, 0.4) is 0 Å². The number of hydrogen-bond donors (Lipinski definition) is 0. The summed E-state index contributed by atoms with van der Waals surface area (Å²) in [6, 6.07) is 80.5. The van der Waals surface area contributed by atoms with Gasteiger partial charge in [0.05, 0.1) is 0 Å². The zero-order valence-corrected chi connectivity index (χ0v) is 30.8. The van der Waals surface area contributed by atoms with Crippen LogP contribution in [-0.4, -0.2) is 0 Å². The Bertz CT molecular complexity index is 3290. The van der Waals surface area contributed by atoms with Gasteiger partial charge in [0.25, 0.3) is 0 Å². The minimum absolute atomic E-state index is 1.20. The topological polar surface area (TPSA) is 0 Å². The Balaban J connectivity index is 1.29. The van der Waals surface area contributed by atoms with Crippen LogP contribution in [0.1, 0.15) is 0 Å². The Morgan fingerprint density at radius 2 is 0.571 bits per heavy atom. The number of rotatable bonds is 5. The zero-order valence-electron chi connectivity index (χ0n) is 30.8. The first kappa shape index (κ1) is 32.2. The van der Waals surface area contributed by atoms with E-state index in [1.54, 1.807) is 0 Å². The lowest BCUT2D eigenvalue weighted by atomic mass is 9.80. The maximum Gasteiger partial charge on any atom is -0.00139 e. The predicted molar refractivity (Wildman–Crippen MR) is 241 cm³/mol. The largest absolute Gasteiger partial charge is 0.0616 e. The van der Waals surface area contributed by atoms with Crippen molar-refractivity contribution in [2.45, 2.75) is 0 Å². The van der Waals surface area contributed by atoms with Crippen molar-refractivity contribution in [1.82, 2.24) is 0 Å². The van der Waals surface area contributed by atoms with Gasteiger partial charge in [-0.05, 0) is 116 Å². The molecule has 56 heavy (non-hydrogen) atoms. The summed E-state index contributed by atoms with van der Waals surface area (Å²) in [5, 5.41) is 12.5. The molecule has 0 saturated carbocycles. The molecule has 0 fully saturated rings. The van der Waals surface area contributed by atoms with Crippen molar-refractivity contribution in [2.75, 3.05) is 0 Å². The van der Waals surface area contributed by atoms with Crippen molar-refractivity contribution >= 4 is 53.9 Å². The normalized spacial score (nSPS) is 11.6. The first-order valence-electron chi connectivity index (χ1n) is 19.4. The molecule has 0 aliphatic rings. The Kier molecular flexibility index (Phi) is 7.60. The lowest BCUT2D eigenvalue weighted by Crippen LogP contribution is -1.95. The fraction of sp³-hybridized carbons (Fsp3) is 0. The molecule has 0 unspecified atom stereocenters. The molecule has 0 heteroatoms. The van der Waals surface area contributed by atoms with Crippen LogP contribution in [0.4, 0.5) is 0 Å². The molecule has 11 rings (SSSR count). The molecule has 11 aromatic carbocycles. The predicted octanol–water partition coefficient (Wildman–Crippen LogP) is 15.8. The van der Waals surface area contributed by atoms with Crippen LogP contribution >= 0.6 is 0 Å². The van der Waals surface area contributed by atoms with Crippen molar-refractivity contribution in [3.05, 3.63) is 218 Å². The Morgan fingerprint density at radius 3 is 1.23 bits per heavy atom. The molecule has 0 N–H and O–H groups in total. The van der Waals surface area contributed by atoms with Gasteiger partial charge in [0.2, 0.25) is 0 Å². The van der Waals surface area contributed by atoms with Gasteiger partial charge in [0.1, 0.15) is 0 Å². The molecule has 0 aromatic heterocycles. The zero-order chi connectivity index (χ0) is 37.0. The molecule has 0 saturated heterocycles. The summed E-state index contributed by atoms with van der Waals surface area (Å²) in [5.74, 6) is 0. The van der Waals surface area contributed by atoms with Gasteiger partial charge in [0.15, 0.2) is 0 Å². The van der Waals surface area contributed by atoms with Crippen LogP contribution in [0.25, 0.3) is 109 Å². The molecule has 0 nitrogen and oxygen atoms in total. The molecule has 11 aromatic rings. The van der Waals surface area contributed by atoms with Crippen molar-refractivity contribution in [1.29, 1.82) is 0 Å². The summed E-state index contributed by atoms with van der Waals surface area (Å²) in [6.07, 6.45) is 0. The van der Waals surface area contributed by atoms with E-state index in [-0.39, 0.29) is 0 Å². The van der Waals surface area contributed by atoms with Crippen LogP contribution in [0.5, 0.6) is 0 Å². The minimum Gasteiger partial charge on any atom is -0.0616 e. The fourth-order valence-corrected chi connectivity index (χ4v) is 9.21. The molecular formula is C56H36. The third-order valence-corrected chi connectivity index (χ3v) is 11.7. The second-order valence-corrected chi connectivity index (χ2v) is 14.7. The maximum absolute atomic E-state index is 2.39. The summed E-state index contributed by atoms with van der Waals surface area (Å²) in [4.78, 5) is 0. The molecule has 0 aliphatic heterocycles. The Labute approximate surface area is 326 Å². The highest BCUT2D eigenvalue weighted by atomic mass is 14.3. The van der Waals surface area contributed by atoms with Crippen LogP contribution in [0.15, 0.2) is 218 Å². The molecule has 0 heterocycles. The second kappa shape index (κ2) is 13.2. The van der Waals surface area contributed by atoms with Crippen LogP contribution in [-0.2, 0) is 0 Å². The molecule has 0 amide bonds. The molecule has 0 aliphatic carbocycles. The first-order chi connectivity index (χ1) is 27.8. The minimum atomic E-state index is 1.20. The van der Waals surface area contributed by atoms with Gasteiger partial charge in [0, 0.05) is 0 Å².